The smallest absolute Gasteiger partial charge is 0.0202 e. The fraction of sp³-hybridized carbons (Fsp3) is 1.00. The molecule has 1 aliphatic rings. The van der Waals surface area contributed by atoms with Gasteiger partial charge in [-0.25, -0.2) is 0 Å². The van der Waals surface area contributed by atoms with Gasteiger partial charge >= 0.3 is 0 Å². The van der Waals surface area contributed by atoms with Gasteiger partial charge in [0.25, 0.3) is 0 Å². The van der Waals surface area contributed by atoms with Gasteiger partial charge < -0.3 is 5.32 Å². The molecular weight excluding hydrogens is 208 g/mol. The molecule has 2 nitrogen and oxygen atoms in total. The van der Waals surface area contributed by atoms with E-state index in [4.69, 9.17) is 0 Å². The second-order valence-corrected chi connectivity index (χ2v) is 6.01. The number of rotatable bonds is 6. The van der Waals surface area contributed by atoms with E-state index in [1.165, 1.54) is 45.3 Å². The Labute approximate surface area is 108 Å². The third kappa shape index (κ3) is 3.69. The zero-order valence-electron chi connectivity index (χ0n) is 12.6. The summed E-state index contributed by atoms with van der Waals surface area (Å²) in [7, 11) is 0. The third-order valence-electron chi connectivity index (χ3n) is 4.66. The quantitative estimate of drug-likeness (QED) is 0.766. The van der Waals surface area contributed by atoms with Gasteiger partial charge in [-0.1, -0.05) is 34.6 Å². The average molecular weight is 240 g/mol. The van der Waals surface area contributed by atoms with E-state index in [1.807, 2.05) is 0 Å². The highest BCUT2D eigenvalue weighted by atomic mass is 15.3. The minimum absolute atomic E-state index is 0.456. The summed E-state index contributed by atoms with van der Waals surface area (Å²) in [6.45, 7) is 15.4. The lowest BCUT2D eigenvalue weighted by molar-refractivity contribution is 0.0412. The topological polar surface area (TPSA) is 15.3 Å². The van der Waals surface area contributed by atoms with Crippen LogP contribution in [0, 0.1) is 5.92 Å². The van der Waals surface area contributed by atoms with E-state index < -0.39 is 0 Å². The molecule has 0 spiro atoms. The number of hydrogen-bond acceptors (Lipinski definition) is 2. The van der Waals surface area contributed by atoms with Crippen molar-refractivity contribution >= 4 is 0 Å². The summed E-state index contributed by atoms with van der Waals surface area (Å²) in [6, 6.07) is 0.702. The van der Waals surface area contributed by atoms with Gasteiger partial charge in [-0.3, -0.25) is 4.90 Å². The Morgan fingerprint density at radius 1 is 1.18 bits per heavy atom. The van der Waals surface area contributed by atoms with Crippen LogP contribution < -0.4 is 5.32 Å². The Hall–Kier alpha value is -0.0800. The SMILES string of the molecule is CCC(CC)(CC)N1CCNC(CC(C)C)C1. The first-order chi connectivity index (χ1) is 8.07. The van der Waals surface area contributed by atoms with Gasteiger partial charge in [0.2, 0.25) is 0 Å². The molecule has 0 aromatic heterocycles. The monoisotopic (exact) mass is 240 g/mol. The molecule has 0 bridgehead atoms. The van der Waals surface area contributed by atoms with Crippen LogP contribution in [-0.4, -0.2) is 36.1 Å². The molecule has 1 atom stereocenters. The highest BCUT2D eigenvalue weighted by molar-refractivity contribution is 4.92. The summed E-state index contributed by atoms with van der Waals surface area (Å²) in [5, 5.41) is 3.68. The average Bonchev–Trinajstić information content (AvgIpc) is 2.32. The standard InChI is InChI=1S/C15H32N2/c1-6-15(7-2,8-3)17-10-9-16-14(12-17)11-13(4)5/h13-14,16H,6-12H2,1-5H3. The van der Waals surface area contributed by atoms with Crippen LogP contribution in [0.25, 0.3) is 0 Å². The van der Waals surface area contributed by atoms with E-state index in [2.05, 4.69) is 44.8 Å². The van der Waals surface area contributed by atoms with Gasteiger partial charge in [0.15, 0.2) is 0 Å². The van der Waals surface area contributed by atoms with Crippen molar-refractivity contribution in [3.63, 3.8) is 0 Å². The molecule has 0 amide bonds. The first kappa shape index (κ1) is 15.0. The Kier molecular flexibility index (Phi) is 5.94. The molecule has 1 N–H and O–H groups in total. The molecule has 0 aromatic carbocycles. The molecule has 1 rings (SSSR count). The van der Waals surface area contributed by atoms with Crippen molar-refractivity contribution in [1.82, 2.24) is 10.2 Å². The molecule has 102 valence electrons. The van der Waals surface area contributed by atoms with Gasteiger partial charge in [0.1, 0.15) is 0 Å². The van der Waals surface area contributed by atoms with Crippen molar-refractivity contribution in [3.05, 3.63) is 0 Å². The van der Waals surface area contributed by atoms with Crippen LogP contribution in [0.3, 0.4) is 0 Å². The minimum atomic E-state index is 0.456. The molecule has 1 unspecified atom stereocenters. The van der Waals surface area contributed by atoms with E-state index in [-0.39, 0.29) is 0 Å². The van der Waals surface area contributed by atoms with Crippen molar-refractivity contribution in [1.29, 1.82) is 0 Å². The maximum absolute atomic E-state index is 3.68. The third-order valence-corrected chi connectivity index (χ3v) is 4.66. The molecule has 1 heterocycles. The highest BCUT2D eigenvalue weighted by Gasteiger charge is 2.34. The predicted molar refractivity (Wildman–Crippen MR) is 76.4 cm³/mol. The predicted octanol–water partition coefficient (Wildman–Crippen LogP) is 3.28. The molecule has 0 radical (unpaired) electrons. The van der Waals surface area contributed by atoms with Crippen molar-refractivity contribution in [2.75, 3.05) is 19.6 Å². The summed E-state index contributed by atoms with van der Waals surface area (Å²) in [4.78, 5) is 2.76. The second-order valence-electron chi connectivity index (χ2n) is 6.01. The molecule has 0 aromatic rings. The van der Waals surface area contributed by atoms with Gasteiger partial charge in [-0.05, 0) is 31.6 Å². The second kappa shape index (κ2) is 6.75. The maximum atomic E-state index is 3.68. The number of piperazine rings is 1. The summed E-state index contributed by atoms with van der Waals surface area (Å²) in [5.74, 6) is 0.798. The summed E-state index contributed by atoms with van der Waals surface area (Å²) in [6.07, 6.45) is 5.17. The van der Waals surface area contributed by atoms with Crippen LogP contribution in [-0.2, 0) is 0 Å². The lowest BCUT2D eigenvalue weighted by Gasteiger charge is -2.47. The molecular formula is C15H32N2. The Bertz CT molecular complexity index is 201. The fourth-order valence-corrected chi connectivity index (χ4v) is 3.40. The number of hydrogen-bond donors (Lipinski definition) is 1. The summed E-state index contributed by atoms with van der Waals surface area (Å²) < 4.78 is 0. The van der Waals surface area contributed by atoms with Gasteiger partial charge in [0.05, 0.1) is 0 Å². The molecule has 0 aliphatic carbocycles. The lowest BCUT2D eigenvalue weighted by atomic mass is 9.86. The van der Waals surface area contributed by atoms with Crippen LogP contribution >= 0.6 is 0 Å². The summed E-state index contributed by atoms with van der Waals surface area (Å²) in [5.41, 5.74) is 0.456. The lowest BCUT2D eigenvalue weighted by Crippen LogP contribution is -2.59. The largest absolute Gasteiger partial charge is 0.311 e. The number of nitrogens with one attached hydrogen (secondary N) is 1. The Morgan fingerprint density at radius 3 is 2.24 bits per heavy atom. The highest BCUT2D eigenvalue weighted by Crippen LogP contribution is 2.29. The Balaban J connectivity index is 2.63. The molecule has 17 heavy (non-hydrogen) atoms. The van der Waals surface area contributed by atoms with Gasteiger partial charge in [-0.2, -0.15) is 0 Å². The minimum Gasteiger partial charge on any atom is -0.311 e. The Morgan fingerprint density at radius 2 is 1.76 bits per heavy atom. The fourth-order valence-electron chi connectivity index (χ4n) is 3.40. The zero-order valence-corrected chi connectivity index (χ0v) is 12.6. The molecule has 1 saturated heterocycles. The van der Waals surface area contributed by atoms with Crippen LogP contribution in [0.5, 0.6) is 0 Å². The van der Waals surface area contributed by atoms with Crippen molar-refractivity contribution in [2.24, 2.45) is 5.92 Å². The van der Waals surface area contributed by atoms with Crippen LogP contribution in [0.1, 0.15) is 60.3 Å². The van der Waals surface area contributed by atoms with E-state index in [0.717, 1.165) is 5.92 Å². The van der Waals surface area contributed by atoms with E-state index in [1.54, 1.807) is 0 Å². The van der Waals surface area contributed by atoms with E-state index >= 15 is 0 Å². The van der Waals surface area contributed by atoms with E-state index in [0.29, 0.717) is 11.6 Å². The molecule has 0 saturated carbocycles. The van der Waals surface area contributed by atoms with Gasteiger partial charge in [-0.15, -0.1) is 0 Å². The van der Waals surface area contributed by atoms with E-state index in [9.17, 15) is 0 Å². The van der Waals surface area contributed by atoms with Crippen molar-refractivity contribution < 1.29 is 0 Å². The molecule has 1 fully saturated rings. The maximum Gasteiger partial charge on any atom is 0.0202 e. The molecule has 1 aliphatic heterocycles. The normalized spacial score (nSPS) is 23.3. The zero-order chi connectivity index (χ0) is 12.9. The van der Waals surface area contributed by atoms with Crippen molar-refractivity contribution in [3.8, 4) is 0 Å². The number of nitrogens with zero attached hydrogens (tertiary/aromatic N) is 1. The van der Waals surface area contributed by atoms with Crippen LogP contribution in [0.2, 0.25) is 0 Å². The van der Waals surface area contributed by atoms with Crippen LogP contribution in [0.4, 0.5) is 0 Å². The summed E-state index contributed by atoms with van der Waals surface area (Å²) >= 11 is 0. The molecule has 2 heteroatoms. The first-order valence-electron chi connectivity index (χ1n) is 7.56. The first-order valence-corrected chi connectivity index (χ1v) is 7.56. The van der Waals surface area contributed by atoms with Crippen LogP contribution in [0.15, 0.2) is 0 Å². The van der Waals surface area contributed by atoms with Gasteiger partial charge in [0, 0.05) is 31.2 Å². The van der Waals surface area contributed by atoms with Crippen molar-refractivity contribution in [2.45, 2.75) is 71.9 Å².